The first kappa shape index (κ1) is 27.4. The van der Waals surface area contributed by atoms with Gasteiger partial charge in [-0.05, 0) is 38.4 Å². The fourth-order valence-electron chi connectivity index (χ4n) is 2.89. The summed E-state index contributed by atoms with van der Waals surface area (Å²) in [4.78, 5) is 47.5. The van der Waals surface area contributed by atoms with Crippen molar-refractivity contribution in [3.8, 4) is 0 Å². The van der Waals surface area contributed by atoms with E-state index in [1.807, 2.05) is 37.4 Å². The second-order valence-electron chi connectivity index (χ2n) is 7.38. The molecule has 1 atom stereocenters. The number of unbranched alkanes of at least 4 members (excludes halogenated alkanes) is 3. The number of hydrazine groups is 1. The van der Waals surface area contributed by atoms with Gasteiger partial charge in [-0.25, -0.2) is 10.9 Å². The molecule has 0 radical (unpaired) electrons. The number of nitrogens with one attached hydrogen (secondary N) is 5. The second kappa shape index (κ2) is 17.0. The lowest BCUT2D eigenvalue weighted by molar-refractivity contribution is -0.136. The first-order valence-electron chi connectivity index (χ1n) is 10.9. The van der Waals surface area contributed by atoms with E-state index in [0.29, 0.717) is 13.0 Å². The molecule has 7 N–H and O–H groups in total. The third-order valence-electron chi connectivity index (χ3n) is 4.72. The fraction of sp³-hybridized carbons (Fsp3) is 0.545. The van der Waals surface area contributed by atoms with Crippen LogP contribution in [0.4, 0.5) is 0 Å². The average Bonchev–Trinajstić information content (AvgIpc) is 2.81. The molecular formula is C22H36N6O4. The number of hydrogen-bond donors (Lipinski definition) is 6. The van der Waals surface area contributed by atoms with Crippen LogP contribution in [0.5, 0.6) is 0 Å². The van der Waals surface area contributed by atoms with E-state index in [-0.39, 0.29) is 12.5 Å². The molecule has 0 saturated carbocycles. The molecule has 0 saturated heterocycles. The summed E-state index contributed by atoms with van der Waals surface area (Å²) < 4.78 is 0. The highest BCUT2D eigenvalue weighted by Crippen LogP contribution is 2.03. The molecule has 0 aliphatic heterocycles. The molecule has 10 heteroatoms. The summed E-state index contributed by atoms with van der Waals surface area (Å²) >= 11 is 0. The Kier molecular flexibility index (Phi) is 14.5. The molecular weight excluding hydrogens is 412 g/mol. The van der Waals surface area contributed by atoms with E-state index in [9.17, 15) is 19.2 Å². The van der Waals surface area contributed by atoms with Gasteiger partial charge in [-0.1, -0.05) is 43.2 Å². The van der Waals surface area contributed by atoms with Crippen molar-refractivity contribution in [2.75, 3.05) is 39.8 Å². The van der Waals surface area contributed by atoms with Crippen LogP contribution in [-0.4, -0.2) is 69.2 Å². The van der Waals surface area contributed by atoms with E-state index < -0.39 is 36.6 Å². The van der Waals surface area contributed by atoms with Crippen LogP contribution in [0, 0.1) is 0 Å². The quantitative estimate of drug-likeness (QED) is 0.0930. The lowest BCUT2D eigenvalue weighted by Crippen LogP contribution is -2.54. The molecule has 0 unspecified atom stereocenters. The maximum absolute atomic E-state index is 12.5. The third kappa shape index (κ3) is 12.3. The molecule has 0 aliphatic carbocycles. The van der Waals surface area contributed by atoms with E-state index in [1.54, 1.807) is 0 Å². The minimum Gasteiger partial charge on any atom is -0.355 e. The molecule has 1 aromatic rings. The molecule has 0 bridgehead atoms. The van der Waals surface area contributed by atoms with Crippen molar-refractivity contribution >= 4 is 23.4 Å². The highest BCUT2D eigenvalue weighted by molar-refractivity contribution is 6.39. The zero-order chi connectivity index (χ0) is 23.6. The summed E-state index contributed by atoms with van der Waals surface area (Å²) in [6.07, 6.45) is 4.53. The van der Waals surface area contributed by atoms with Crippen LogP contribution in [0.2, 0.25) is 0 Å². The maximum Gasteiger partial charge on any atom is 0.239 e. The molecule has 0 fully saturated rings. The molecule has 0 aliphatic rings. The standard InChI is InChI=1S/C22H36N6O4/c1-24-11-7-2-3-8-12-25-21(31)16-27-28-18(13-17-9-5-4-6-10-17)22(32)26-15-20(30)19(29)14-23/h4-6,9-10,18,24,27-28H,2-3,7-8,11-16,23H2,1H3,(H,25,31)(H,26,32)/t18-/m0/s1. The summed E-state index contributed by atoms with van der Waals surface area (Å²) in [6, 6.07) is 8.56. The van der Waals surface area contributed by atoms with Crippen molar-refractivity contribution in [2.45, 2.75) is 38.1 Å². The summed E-state index contributed by atoms with van der Waals surface area (Å²) in [5.74, 6) is -2.15. The molecule has 1 rings (SSSR count). The Morgan fingerprint density at radius 2 is 1.56 bits per heavy atom. The maximum atomic E-state index is 12.5. The number of carbonyl (C=O) groups excluding carboxylic acids is 4. The van der Waals surface area contributed by atoms with Gasteiger partial charge in [0.25, 0.3) is 0 Å². The average molecular weight is 449 g/mol. The predicted octanol–water partition coefficient (Wildman–Crippen LogP) is -1.20. The Morgan fingerprint density at radius 1 is 0.875 bits per heavy atom. The molecule has 2 amide bonds. The Balaban J connectivity index is 2.43. The van der Waals surface area contributed by atoms with Gasteiger partial charge >= 0.3 is 0 Å². The summed E-state index contributed by atoms with van der Waals surface area (Å²) in [5.41, 5.74) is 11.7. The zero-order valence-electron chi connectivity index (χ0n) is 18.7. The van der Waals surface area contributed by atoms with Gasteiger partial charge in [0.1, 0.15) is 6.04 Å². The van der Waals surface area contributed by atoms with Gasteiger partial charge in [0.2, 0.25) is 23.4 Å². The Labute approximate surface area is 189 Å². The van der Waals surface area contributed by atoms with E-state index >= 15 is 0 Å². The third-order valence-corrected chi connectivity index (χ3v) is 4.72. The molecule has 0 heterocycles. The molecule has 178 valence electrons. The molecule has 0 spiro atoms. The number of amides is 2. The Hall–Kier alpha value is -2.66. The van der Waals surface area contributed by atoms with Gasteiger partial charge in [0.15, 0.2) is 0 Å². The first-order valence-corrected chi connectivity index (χ1v) is 10.9. The van der Waals surface area contributed by atoms with Gasteiger partial charge in [0, 0.05) is 6.54 Å². The Morgan fingerprint density at radius 3 is 2.22 bits per heavy atom. The minimum absolute atomic E-state index is 0.0110. The predicted molar refractivity (Wildman–Crippen MR) is 123 cm³/mol. The smallest absolute Gasteiger partial charge is 0.239 e. The normalized spacial score (nSPS) is 11.6. The number of ketones is 2. The summed E-state index contributed by atoms with van der Waals surface area (Å²) in [6.45, 7) is 0.773. The monoisotopic (exact) mass is 448 g/mol. The second-order valence-corrected chi connectivity index (χ2v) is 7.38. The fourth-order valence-corrected chi connectivity index (χ4v) is 2.89. The molecule has 10 nitrogen and oxygen atoms in total. The van der Waals surface area contributed by atoms with E-state index in [0.717, 1.165) is 37.8 Å². The van der Waals surface area contributed by atoms with Crippen LogP contribution in [-0.2, 0) is 25.6 Å². The van der Waals surface area contributed by atoms with Gasteiger partial charge in [-0.3, -0.25) is 19.2 Å². The van der Waals surface area contributed by atoms with Crippen molar-refractivity contribution in [3.63, 3.8) is 0 Å². The van der Waals surface area contributed by atoms with Crippen molar-refractivity contribution in [2.24, 2.45) is 5.73 Å². The number of carbonyl (C=O) groups is 4. The molecule has 1 aromatic carbocycles. The lowest BCUT2D eigenvalue weighted by atomic mass is 10.1. The number of Topliss-reactive ketones (excluding diaryl/α,β-unsaturated/α-hetero) is 2. The van der Waals surface area contributed by atoms with Crippen molar-refractivity contribution in [1.29, 1.82) is 0 Å². The molecule has 32 heavy (non-hydrogen) atoms. The molecule has 0 aromatic heterocycles. The highest BCUT2D eigenvalue weighted by Gasteiger charge is 2.21. The number of nitrogens with two attached hydrogens (primary N) is 1. The number of rotatable bonds is 18. The van der Waals surface area contributed by atoms with E-state index in [1.165, 1.54) is 0 Å². The van der Waals surface area contributed by atoms with Gasteiger partial charge in [-0.15, -0.1) is 0 Å². The van der Waals surface area contributed by atoms with Crippen molar-refractivity contribution in [3.05, 3.63) is 35.9 Å². The topological polar surface area (TPSA) is 154 Å². The van der Waals surface area contributed by atoms with Gasteiger partial charge < -0.3 is 21.7 Å². The highest BCUT2D eigenvalue weighted by atomic mass is 16.2. The number of benzene rings is 1. The van der Waals surface area contributed by atoms with Crippen LogP contribution in [0.1, 0.15) is 31.2 Å². The van der Waals surface area contributed by atoms with Crippen molar-refractivity contribution < 1.29 is 19.2 Å². The SMILES string of the molecule is CNCCCCCCNC(=O)CNN[C@@H](Cc1ccccc1)C(=O)NCC(=O)C(=O)CN. The minimum atomic E-state index is -0.752. The Bertz CT molecular complexity index is 714. The van der Waals surface area contributed by atoms with Crippen LogP contribution >= 0.6 is 0 Å². The van der Waals surface area contributed by atoms with Crippen molar-refractivity contribution in [1.82, 2.24) is 26.8 Å². The van der Waals surface area contributed by atoms with Crippen LogP contribution in [0.15, 0.2) is 30.3 Å². The van der Waals surface area contributed by atoms with Crippen LogP contribution in [0.25, 0.3) is 0 Å². The van der Waals surface area contributed by atoms with Gasteiger partial charge in [-0.2, -0.15) is 0 Å². The van der Waals surface area contributed by atoms with Gasteiger partial charge in [0.05, 0.1) is 19.6 Å². The lowest BCUT2D eigenvalue weighted by Gasteiger charge is -2.19. The van der Waals surface area contributed by atoms with Crippen LogP contribution < -0.4 is 32.5 Å². The summed E-state index contributed by atoms with van der Waals surface area (Å²) in [5, 5.41) is 8.38. The zero-order valence-corrected chi connectivity index (χ0v) is 18.7. The van der Waals surface area contributed by atoms with E-state index in [2.05, 4.69) is 26.8 Å². The van der Waals surface area contributed by atoms with E-state index in [4.69, 9.17) is 5.73 Å². The largest absolute Gasteiger partial charge is 0.355 e. The first-order chi connectivity index (χ1) is 15.5. The van der Waals surface area contributed by atoms with Crippen LogP contribution in [0.3, 0.4) is 0 Å². The number of hydrogen-bond acceptors (Lipinski definition) is 8. The summed E-state index contributed by atoms with van der Waals surface area (Å²) in [7, 11) is 1.93.